The van der Waals surface area contributed by atoms with Gasteiger partial charge in [0.15, 0.2) is 0 Å². The summed E-state index contributed by atoms with van der Waals surface area (Å²) in [6.45, 7) is 1.50. The normalized spacial score (nSPS) is 24.6. The molecule has 0 amide bonds. The number of aliphatic hydroxyl groups excluding tert-OH is 1. The molecule has 6 heteroatoms. The van der Waals surface area contributed by atoms with Gasteiger partial charge in [-0.2, -0.15) is 0 Å². The Morgan fingerprint density at radius 2 is 2.24 bits per heavy atom. The van der Waals surface area contributed by atoms with E-state index in [-0.39, 0.29) is 12.1 Å². The van der Waals surface area contributed by atoms with Crippen LogP contribution in [0, 0.1) is 0 Å². The largest absolute Gasteiger partial charge is 0.391 e. The highest BCUT2D eigenvalue weighted by Crippen LogP contribution is 2.24. The van der Waals surface area contributed by atoms with Crippen molar-refractivity contribution in [3.63, 3.8) is 0 Å². The number of aromatic nitrogens is 2. The molecule has 0 aromatic carbocycles. The molecule has 2 heterocycles. The summed E-state index contributed by atoms with van der Waals surface area (Å²) < 4.78 is 0. The van der Waals surface area contributed by atoms with Gasteiger partial charge in [0.05, 0.1) is 18.5 Å². The maximum atomic E-state index is 9.77. The van der Waals surface area contributed by atoms with Crippen LogP contribution in [-0.4, -0.2) is 59.3 Å². The lowest BCUT2D eigenvalue weighted by atomic mass is 10.2. The Balaban J connectivity index is 2.14. The summed E-state index contributed by atoms with van der Waals surface area (Å²) in [5.41, 5.74) is 5.52. The molecule has 2 atom stereocenters. The third-order valence-electron chi connectivity index (χ3n) is 2.92. The van der Waals surface area contributed by atoms with Crippen molar-refractivity contribution in [2.24, 2.45) is 0 Å². The highest BCUT2D eigenvalue weighted by atomic mass is 16.3. The van der Waals surface area contributed by atoms with Crippen molar-refractivity contribution in [3.05, 3.63) is 12.4 Å². The second-order valence-corrected chi connectivity index (χ2v) is 4.76. The Morgan fingerprint density at radius 1 is 1.47 bits per heavy atom. The van der Waals surface area contributed by atoms with Gasteiger partial charge in [-0.15, -0.1) is 0 Å². The van der Waals surface area contributed by atoms with E-state index in [9.17, 15) is 5.11 Å². The van der Waals surface area contributed by atoms with E-state index in [0.29, 0.717) is 12.4 Å². The van der Waals surface area contributed by atoms with Crippen molar-refractivity contribution in [2.45, 2.75) is 18.6 Å². The Bertz CT molecular complexity index is 367. The molecule has 1 fully saturated rings. The first kappa shape index (κ1) is 12.1. The van der Waals surface area contributed by atoms with Crippen molar-refractivity contribution in [1.82, 2.24) is 14.9 Å². The van der Waals surface area contributed by atoms with Gasteiger partial charge in [-0.3, -0.25) is 0 Å². The van der Waals surface area contributed by atoms with Crippen LogP contribution < -0.4 is 10.6 Å². The van der Waals surface area contributed by atoms with Gasteiger partial charge in [0.25, 0.3) is 0 Å². The van der Waals surface area contributed by atoms with Crippen LogP contribution >= 0.6 is 0 Å². The van der Waals surface area contributed by atoms with E-state index in [1.54, 1.807) is 12.4 Å². The molecule has 2 unspecified atom stereocenters. The first-order chi connectivity index (χ1) is 8.06. The summed E-state index contributed by atoms with van der Waals surface area (Å²) in [5, 5.41) is 9.77. The number of hydrogen-bond acceptors (Lipinski definition) is 6. The molecule has 1 aromatic heterocycles. The third-order valence-corrected chi connectivity index (χ3v) is 2.92. The van der Waals surface area contributed by atoms with E-state index >= 15 is 0 Å². The minimum absolute atomic E-state index is 0.276. The minimum Gasteiger partial charge on any atom is -0.391 e. The van der Waals surface area contributed by atoms with E-state index in [0.717, 1.165) is 18.8 Å². The fourth-order valence-electron chi connectivity index (χ4n) is 2.25. The van der Waals surface area contributed by atoms with E-state index in [4.69, 9.17) is 5.73 Å². The van der Waals surface area contributed by atoms with Crippen LogP contribution in [0.25, 0.3) is 0 Å². The van der Waals surface area contributed by atoms with Crippen molar-refractivity contribution in [2.75, 3.05) is 37.8 Å². The van der Waals surface area contributed by atoms with Gasteiger partial charge >= 0.3 is 0 Å². The van der Waals surface area contributed by atoms with Crippen molar-refractivity contribution in [1.29, 1.82) is 0 Å². The molecule has 1 saturated heterocycles. The monoisotopic (exact) mass is 237 g/mol. The lowest BCUT2D eigenvalue weighted by Gasteiger charge is -2.27. The molecule has 1 aliphatic heterocycles. The zero-order valence-corrected chi connectivity index (χ0v) is 10.2. The van der Waals surface area contributed by atoms with E-state index in [2.05, 4.69) is 19.8 Å². The zero-order valence-electron chi connectivity index (χ0n) is 10.2. The SMILES string of the molecule is CN(C)CC1CC(O)CN1c1cnc(N)cn1. The molecule has 17 heavy (non-hydrogen) atoms. The Labute approximate surface area is 101 Å². The predicted octanol–water partition coefficient (Wildman–Crippen LogP) is -0.440. The maximum Gasteiger partial charge on any atom is 0.147 e. The molecule has 0 saturated carbocycles. The molecule has 0 radical (unpaired) electrons. The molecule has 3 N–H and O–H groups in total. The second kappa shape index (κ2) is 4.85. The summed E-state index contributed by atoms with van der Waals surface area (Å²) >= 11 is 0. The number of rotatable bonds is 3. The molecular formula is C11H19N5O. The number of likely N-dealkylation sites (N-methyl/N-ethyl adjacent to an activating group) is 1. The molecule has 0 spiro atoms. The van der Waals surface area contributed by atoms with Crippen LogP contribution in [0.2, 0.25) is 0 Å². The Kier molecular flexibility index (Phi) is 3.44. The minimum atomic E-state index is -0.292. The van der Waals surface area contributed by atoms with Gasteiger partial charge in [-0.25, -0.2) is 9.97 Å². The first-order valence-electron chi connectivity index (χ1n) is 5.73. The fourth-order valence-corrected chi connectivity index (χ4v) is 2.25. The fraction of sp³-hybridized carbons (Fsp3) is 0.636. The van der Waals surface area contributed by atoms with Gasteiger partial charge in [0.1, 0.15) is 11.6 Å². The lowest BCUT2D eigenvalue weighted by molar-refractivity contribution is 0.191. The number of nitrogens with two attached hydrogens (primary N) is 1. The van der Waals surface area contributed by atoms with E-state index < -0.39 is 0 Å². The van der Waals surface area contributed by atoms with E-state index in [1.807, 2.05) is 14.1 Å². The summed E-state index contributed by atoms with van der Waals surface area (Å²) in [6, 6.07) is 0.276. The summed E-state index contributed by atoms with van der Waals surface area (Å²) in [5.74, 6) is 1.19. The molecule has 1 aliphatic rings. The predicted molar refractivity (Wildman–Crippen MR) is 66.8 cm³/mol. The van der Waals surface area contributed by atoms with Gasteiger partial charge in [0.2, 0.25) is 0 Å². The smallest absolute Gasteiger partial charge is 0.147 e. The molecule has 2 rings (SSSR count). The number of nitrogens with zero attached hydrogens (tertiary/aromatic N) is 4. The quantitative estimate of drug-likeness (QED) is 0.742. The number of nitrogen functional groups attached to an aromatic ring is 1. The van der Waals surface area contributed by atoms with Crippen LogP contribution in [-0.2, 0) is 0 Å². The number of β-amino-alcohol motifs (C(OH)–C–C–N with tert-alkyl or cyclic N) is 1. The molecule has 6 nitrogen and oxygen atoms in total. The molecule has 1 aromatic rings. The summed E-state index contributed by atoms with van der Waals surface area (Å²) in [7, 11) is 4.05. The average molecular weight is 237 g/mol. The first-order valence-corrected chi connectivity index (χ1v) is 5.73. The van der Waals surface area contributed by atoms with Gasteiger partial charge in [-0.1, -0.05) is 0 Å². The van der Waals surface area contributed by atoms with Crippen molar-refractivity contribution < 1.29 is 5.11 Å². The van der Waals surface area contributed by atoms with E-state index in [1.165, 1.54) is 0 Å². The lowest BCUT2D eigenvalue weighted by Crippen LogP contribution is -2.38. The topological polar surface area (TPSA) is 78.5 Å². The van der Waals surface area contributed by atoms with Crippen LogP contribution in [0.4, 0.5) is 11.6 Å². The molecule has 0 aliphatic carbocycles. The van der Waals surface area contributed by atoms with Gasteiger partial charge in [-0.05, 0) is 20.5 Å². The summed E-state index contributed by atoms with van der Waals surface area (Å²) in [4.78, 5) is 12.5. The highest BCUT2D eigenvalue weighted by Gasteiger charge is 2.32. The second-order valence-electron chi connectivity index (χ2n) is 4.76. The molecular weight excluding hydrogens is 218 g/mol. The average Bonchev–Trinajstić information content (AvgIpc) is 2.59. The van der Waals surface area contributed by atoms with Crippen LogP contribution in [0.3, 0.4) is 0 Å². The molecule has 0 bridgehead atoms. The van der Waals surface area contributed by atoms with Crippen molar-refractivity contribution >= 4 is 11.6 Å². The molecule has 94 valence electrons. The summed E-state index contributed by atoms with van der Waals surface area (Å²) in [6.07, 6.45) is 3.69. The van der Waals surface area contributed by atoms with Crippen molar-refractivity contribution in [3.8, 4) is 0 Å². The standard InChI is InChI=1S/C11H19N5O/c1-15(2)6-8-3-9(17)7-16(8)11-5-13-10(12)4-14-11/h4-5,8-9,17H,3,6-7H2,1-2H3,(H2,12,13). The highest BCUT2D eigenvalue weighted by molar-refractivity contribution is 5.42. The number of hydrogen-bond donors (Lipinski definition) is 2. The third kappa shape index (κ3) is 2.83. The zero-order chi connectivity index (χ0) is 12.4. The number of anilines is 2. The van der Waals surface area contributed by atoms with Crippen LogP contribution in [0.15, 0.2) is 12.4 Å². The van der Waals surface area contributed by atoms with Crippen LogP contribution in [0.5, 0.6) is 0 Å². The van der Waals surface area contributed by atoms with Gasteiger partial charge < -0.3 is 20.6 Å². The Morgan fingerprint density at radius 3 is 2.82 bits per heavy atom. The van der Waals surface area contributed by atoms with Gasteiger partial charge in [0, 0.05) is 19.1 Å². The maximum absolute atomic E-state index is 9.77. The Hall–Kier alpha value is -1.40. The number of aliphatic hydroxyl groups is 1. The van der Waals surface area contributed by atoms with Crippen LogP contribution in [0.1, 0.15) is 6.42 Å².